The molecule has 3 rings (SSSR count). The van der Waals surface area contributed by atoms with Crippen LogP contribution in [0.2, 0.25) is 0 Å². The van der Waals surface area contributed by atoms with Crippen LogP contribution < -0.4 is 14.8 Å². The Kier molecular flexibility index (Phi) is 4.93. The van der Waals surface area contributed by atoms with Crippen LogP contribution in [0.25, 0.3) is 0 Å². The molecule has 1 aliphatic carbocycles. The third kappa shape index (κ3) is 3.64. The first-order chi connectivity index (χ1) is 11.7. The largest absolute Gasteiger partial charge is 0.493 e. The topological polar surface area (TPSA) is 60.5 Å². The molecule has 1 aromatic carbocycles. The fraction of sp³-hybridized carbons (Fsp3) is 0.333. The average molecular weight is 330 g/mol. The highest BCUT2D eigenvalue weighted by molar-refractivity contribution is 6.04. The molecule has 1 N–H and O–H groups in total. The number of nitrogens with one attached hydrogen (secondary N) is 1. The van der Waals surface area contributed by atoms with Crippen molar-refractivity contribution in [3.8, 4) is 11.5 Å². The Hall–Kier alpha value is -2.63. The smallest absolute Gasteiger partial charge is 0.258 e. The minimum Gasteiger partial charge on any atom is -0.493 e. The first-order valence-corrected chi connectivity index (χ1v) is 7.93. The third-order valence-electron chi connectivity index (χ3n) is 4.03. The number of nitrogens with zero attached hydrogens (tertiary/aromatic N) is 1. The zero-order chi connectivity index (χ0) is 16.9. The first-order valence-electron chi connectivity index (χ1n) is 7.93. The number of hydrogen-bond donors (Lipinski definition) is 1. The van der Waals surface area contributed by atoms with Gasteiger partial charge in [-0.2, -0.15) is 0 Å². The Labute approximate surface area is 139 Å². The van der Waals surface area contributed by atoms with E-state index in [-0.39, 0.29) is 11.7 Å². The highest BCUT2D eigenvalue weighted by Crippen LogP contribution is 2.34. The number of hydrogen-bond acceptors (Lipinski definition) is 4. The van der Waals surface area contributed by atoms with Crippen molar-refractivity contribution in [1.29, 1.82) is 0 Å². The Morgan fingerprint density at radius 3 is 2.58 bits per heavy atom. The highest BCUT2D eigenvalue weighted by Gasteiger charge is 2.22. The molecule has 24 heavy (non-hydrogen) atoms. The number of carbonyl (C=O) groups is 1. The Balaban J connectivity index is 1.85. The number of carbonyl (C=O) groups excluding carboxylic acids is 1. The van der Waals surface area contributed by atoms with Crippen LogP contribution in [0.15, 0.2) is 36.7 Å². The summed E-state index contributed by atoms with van der Waals surface area (Å²) >= 11 is 0. The van der Waals surface area contributed by atoms with Crippen molar-refractivity contribution in [2.75, 3.05) is 12.4 Å². The summed E-state index contributed by atoms with van der Waals surface area (Å²) in [6.07, 6.45) is 7.33. The van der Waals surface area contributed by atoms with Crippen molar-refractivity contribution >= 4 is 11.6 Å². The van der Waals surface area contributed by atoms with E-state index in [1.54, 1.807) is 24.5 Å². The average Bonchev–Trinajstić information content (AvgIpc) is 3.10. The molecule has 1 amide bonds. The van der Waals surface area contributed by atoms with Gasteiger partial charge in [0.25, 0.3) is 5.91 Å². The monoisotopic (exact) mass is 330 g/mol. The van der Waals surface area contributed by atoms with Gasteiger partial charge in [-0.25, -0.2) is 4.39 Å². The lowest BCUT2D eigenvalue weighted by molar-refractivity contribution is 0.102. The van der Waals surface area contributed by atoms with Crippen LogP contribution in [0.5, 0.6) is 11.5 Å². The van der Waals surface area contributed by atoms with E-state index >= 15 is 0 Å². The maximum atomic E-state index is 14.3. The second-order valence-electron chi connectivity index (χ2n) is 5.70. The number of ether oxygens (including phenoxy) is 2. The van der Waals surface area contributed by atoms with Gasteiger partial charge in [-0.1, -0.05) is 0 Å². The summed E-state index contributed by atoms with van der Waals surface area (Å²) in [7, 11) is 1.45. The molecule has 0 radical (unpaired) electrons. The summed E-state index contributed by atoms with van der Waals surface area (Å²) in [6, 6.07) is 5.86. The molecular formula is C18H19FN2O3. The lowest BCUT2D eigenvalue weighted by Crippen LogP contribution is -2.16. The molecule has 1 aliphatic rings. The van der Waals surface area contributed by atoms with Crippen LogP contribution in [0.1, 0.15) is 36.0 Å². The molecule has 1 saturated carbocycles. The van der Waals surface area contributed by atoms with Gasteiger partial charge in [0.2, 0.25) is 0 Å². The van der Waals surface area contributed by atoms with Gasteiger partial charge < -0.3 is 14.8 Å². The quantitative estimate of drug-likeness (QED) is 0.906. The SMILES string of the molecule is COc1cc(F)c(C(=O)Nc2ccncc2)cc1OC1CCCC1. The van der Waals surface area contributed by atoms with Crippen molar-refractivity contribution in [2.45, 2.75) is 31.8 Å². The molecule has 0 spiro atoms. The van der Waals surface area contributed by atoms with Gasteiger partial charge in [0.15, 0.2) is 11.5 Å². The molecule has 0 atom stereocenters. The molecule has 2 aromatic rings. The number of methoxy groups -OCH3 is 1. The van der Waals surface area contributed by atoms with Gasteiger partial charge in [0.1, 0.15) is 5.82 Å². The van der Waals surface area contributed by atoms with Gasteiger partial charge in [0.05, 0.1) is 18.8 Å². The minimum atomic E-state index is -0.655. The number of amides is 1. The van der Waals surface area contributed by atoms with E-state index in [1.807, 2.05) is 0 Å². The maximum absolute atomic E-state index is 14.3. The second-order valence-corrected chi connectivity index (χ2v) is 5.70. The number of rotatable bonds is 5. The van der Waals surface area contributed by atoms with Crippen molar-refractivity contribution in [3.63, 3.8) is 0 Å². The van der Waals surface area contributed by atoms with E-state index in [4.69, 9.17) is 9.47 Å². The maximum Gasteiger partial charge on any atom is 0.258 e. The molecule has 1 fully saturated rings. The third-order valence-corrected chi connectivity index (χ3v) is 4.03. The molecule has 1 heterocycles. The van der Waals surface area contributed by atoms with Gasteiger partial charge in [-0.05, 0) is 43.9 Å². The molecule has 0 aliphatic heterocycles. The lowest BCUT2D eigenvalue weighted by Gasteiger charge is -2.17. The Bertz CT molecular complexity index is 716. The predicted octanol–water partition coefficient (Wildman–Crippen LogP) is 3.80. The highest BCUT2D eigenvalue weighted by atomic mass is 19.1. The summed E-state index contributed by atoms with van der Waals surface area (Å²) < 4.78 is 25.4. The Morgan fingerprint density at radius 1 is 1.21 bits per heavy atom. The summed E-state index contributed by atoms with van der Waals surface area (Å²) in [5.41, 5.74) is 0.462. The van der Waals surface area contributed by atoms with Crippen LogP contribution in [0.4, 0.5) is 10.1 Å². The molecule has 126 valence electrons. The van der Waals surface area contributed by atoms with Crippen LogP contribution in [0, 0.1) is 5.82 Å². The number of halogens is 1. The number of anilines is 1. The molecule has 1 aromatic heterocycles. The van der Waals surface area contributed by atoms with E-state index in [1.165, 1.54) is 19.2 Å². The molecule has 5 nitrogen and oxygen atoms in total. The van der Waals surface area contributed by atoms with Gasteiger partial charge in [-0.3, -0.25) is 9.78 Å². The van der Waals surface area contributed by atoms with E-state index in [0.29, 0.717) is 17.2 Å². The van der Waals surface area contributed by atoms with Gasteiger partial charge in [0, 0.05) is 24.1 Å². The summed E-state index contributed by atoms with van der Waals surface area (Å²) in [5.74, 6) is -0.514. The van der Waals surface area contributed by atoms with E-state index < -0.39 is 11.7 Å². The van der Waals surface area contributed by atoms with Gasteiger partial charge in [-0.15, -0.1) is 0 Å². The second kappa shape index (κ2) is 7.29. The van der Waals surface area contributed by atoms with Crippen molar-refractivity contribution < 1.29 is 18.7 Å². The molecule has 0 unspecified atom stereocenters. The van der Waals surface area contributed by atoms with Crippen LogP contribution in [-0.2, 0) is 0 Å². The molecular weight excluding hydrogens is 311 g/mol. The van der Waals surface area contributed by atoms with Crippen LogP contribution >= 0.6 is 0 Å². The number of pyridine rings is 1. The summed E-state index contributed by atoms with van der Waals surface area (Å²) in [6.45, 7) is 0. The van der Waals surface area contributed by atoms with Crippen molar-refractivity contribution in [2.24, 2.45) is 0 Å². The first kappa shape index (κ1) is 16.2. The number of aromatic nitrogens is 1. The fourth-order valence-corrected chi connectivity index (χ4v) is 2.78. The Morgan fingerprint density at radius 2 is 1.92 bits per heavy atom. The van der Waals surface area contributed by atoms with E-state index in [9.17, 15) is 9.18 Å². The number of benzene rings is 1. The van der Waals surface area contributed by atoms with Crippen LogP contribution in [0.3, 0.4) is 0 Å². The zero-order valence-corrected chi connectivity index (χ0v) is 13.4. The molecule has 0 bridgehead atoms. The normalized spacial score (nSPS) is 14.4. The standard InChI is InChI=1S/C18H19FN2O3/c1-23-16-11-15(19)14(10-17(16)24-13-4-2-3-5-13)18(22)21-12-6-8-20-9-7-12/h6-11,13H,2-5H2,1H3,(H,20,21,22). The van der Waals surface area contributed by atoms with Crippen molar-refractivity contribution in [3.05, 3.63) is 48.0 Å². The van der Waals surface area contributed by atoms with Crippen LogP contribution in [-0.4, -0.2) is 24.1 Å². The van der Waals surface area contributed by atoms with E-state index in [2.05, 4.69) is 10.3 Å². The zero-order valence-electron chi connectivity index (χ0n) is 13.4. The van der Waals surface area contributed by atoms with Gasteiger partial charge >= 0.3 is 0 Å². The van der Waals surface area contributed by atoms with E-state index in [0.717, 1.165) is 25.7 Å². The fourth-order valence-electron chi connectivity index (χ4n) is 2.78. The summed E-state index contributed by atoms with van der Waals surface area (Å²) in [5, 5.41) is 2.64. The molecule has 0 saturated heterocycles. The lowest BCUT2D eigenvalue weighted by atomic mass is 10.1. The minimum absolute atomic E-state index is 0.0828. The summed E-state index contributed by atoms with van der Waals surface area (Å²) in [4.78, 5) is 16.2. The van der Waals surface area contributed by atoms with Crippen molar-refractivity contribution in [1.82, 2.24) is 4.98 Å². The predicted molar refractivity (Wildman–Crippen MR) is 88.0 cm³/mol. The molecule has 6 heteroatoms.